The fourth-order valence-electron chi connectivity index (χ4n) is 2.82. The Balaban J connectivity index is 1.54. The molecule has 0 aliphatic rings. The van der Waals surface area contributed by atoms with Crippen LogP contribution in [-0.2, 0) is 6.54 Å². The summed E-state index contributed by atoms with van der Waals surface area (Å²) in [5.74, 6) is 0.458. The molecule has 27 heavy (non-hydrogen) atoms. The lowest BCUT2D eigenvalue weighted by Crippen LogP contribution is -2.02. The summed E-state index contributed by atoms with van der Waals surface area (Å²) >= 11 is 1.39. The predicted molar refractivity (Wildman–Crippen MR) is 97.4 cm³/mol. The minimum atomic E-state index is -0.440. The number of nitro groups is 1. The summed E-state index contributed by atoms with van der Waals surface area (Å²) < 4.78 is 3.37. The molecule has 0 saturated heterocycles. The van der Waals surface area contributed by atoms with Gasteiger partial charge in [0.1, 0.15) is 10.5 Å². The van der Waals surface area contributed by atoms with E-state index in [2.05, 4.69) is 25.6 Å². The molecule has 11 heteroatoms. The Labute approximate surface area is 154 Å². The van der Waals surface area contributed by atoms with Gasteiger partial charge < -0.3 is 0 Å². The molecule has 0 fully saturated rings. The van der Waals surface area contributed by atoms with E-state index in [1.807, 2.05) is 24.3 Å². The summed E-state index contributed by atoms with van der Waals surface area (Å²) in [5.41, 5.74) is 2.31. The van der Waals surface area contributed by atoms with Crippen LogP contribution >= 0.6 is 11.3 Å². The number of benzene rings is 2. The first-order valence-electron chi connectivity index (χ1n) is 7.93. The third-order valence-corrected chi connectivity index (χ3v) is 4.94. The van der Waals surface area contributed by atoms with Crippen LogP contribution in [0.3, 0.4) is 0 Å². The molecule has 5 aromatic rings. The number of non-ortho nitro benzene ring substituents is 1. The Morgan fingerprint density at radius 1 is 1.07 bits per heavy atom. The van der Waals surface area contributed by atoms with Crippen molar-refractivity contribution < 1.29 is 4.92 Å². The van der Waals surface area contributed by atoms with Crippen molar-refractivity contribution in [1.29, 1.82) is 0 Å². The molecule has 0 N–H and O–H groups in total. The number of nitrogens with zero attached hydrogens (tertiary/aromatic N) is 8. The van der Waals surface area contributed by atoms with Crippen molar-refractivity contribution in [2.45, 2.75) is 6.54 Å². The first kappa shape index (κ1) is 15.5. The maximum Gasteiger partial charge on any atom is 0.270 e. The number of nitro benzene ring substituents is 1. The first-order valence-corrected chi connectivity index (χ1v) is 8.75. The van der Waals surface area contributed by atoms with Gasteiger partial charge in [-0.2, -0.15) is 9.61 Å². The predicted octanol–water partition coefficient (Wildman–Crippen LogP) is 2.55. The van der Waals surface area contributed by atoms with Gasteiger partial charge in [-0.1, -0.05) is 40.8 Å². The van der Waals surface area contributed by atoms with E-state index >= 15 is 0 Å². The monoisotopic (exact) mass is 378 g/mol. The second-order valence-electron chi connectivity index (χ2n) is 5.76. The van der Waals surface area contributed by atoms with Gasteiger partial charge in [-0.15, -0.1) is 15.3 Å². The maximum atomic E-state index is 11.0. The molecule has 5 rings (SSSR count). The summed E-state index contributed by atoms with van der Waals surface area (Å²) in [4.78, 5) is 11.2. The zero-order chi connectivity index (χ0) is 18.4. The highest BCUT2D eigenvalue weighted by Gasteiger charge is 2.16. The second-order valence-corrected chi connectivity index (χ2v) is 6.80. The van der Waals surface area contributed by atoms with Crippen molar-refractivity contribution in [1.82, 2.24) is 34.8 Å². The summed E-state index contributed by atoms with van der Waals surface area (Å²) in [5, 5.41) is 32.9. The molecule has 0 unspecified atom stereocenters. The minimum absolute atomic E-state index is 0.00575. The van der Waals surface area contributed by atoms with Crippen LogP contribution in [0.15, 0.2) is 48.5 Å². The smallest absolute Gasteiger partial charge is 0.258 e. The van der Waals surface area contributed by atoms with Gasteiger partial charge in [-0.05, 0) is 12.1 Å². The lowest BCUT2D eigenvalue weighted by molar-refractivity contribution is -0.384. The zero-order valence-electron chi connectivity index (χ0n) is 13.6. The van der Waals surface area contributed by atoms with E-state index in [0.29, 0.717) is 22.9 Å². The van der Waals surface area contributed by atoms with Gasteiger partial charge in [0.25, 0.3) is 5.69 Å². The van der Waals surface area contributed by atoms with E-state index in [9.17, 15) is 10.1 Å². The number of para-hydroxylation sites is 1. The Bertz CT molecular complexity index is 1300. The van der Waals surface area contributed by atoms with Gasteiger partial charge in [0.15, 0.2) is 5.82 Å². The van der Waals surface area contributed by atoms with Crippen molar-refractivity contribution in [2.24, 2.45) is 0 Å². The Morgan fingerprint density at radius 2 is 1.96 bits per heavy atom. The van der Waals surface area contributed by atoms with E-state index in [1.54, 1.807) is 21.3 Å². The van der Waals surface area contributed by atoms with E-state index in [0.717, 1.165) is 16.0 Å². The highest BCUT2D eigenvalue weighted by Crippen LogP contribution is 2.25. The molecule has 0 bridgehead atoms. The fraction of sp³-hybridized carbons (Fsp3) is 0.0625. The Kier molecular flexibility index (Phi) is 3.40. The second kappa shape index (κ2) is 5.92. The molecule has 0 aliphatic carbocycles. The van der Waals surface area contributed by atoms with Gasteiger partial charge in [0.05, 0.1) is 17.0 Å². The topological polar surface area (TPSA) is 117 Å². The number of hydrogen-bond acceptors (Lipinski definition) is 8. The van der Waals surface area contributed by atoms with Crippen LogP contribution in [0.25, 0.3) is 27.4 Å². The molecule has 3 heterocycles. The third-order valence-electron chi connectivity index (χ3n) is 4.05. The van der Waals surface area contributed by atoms with Crippen LogP contribution in [0.5, 0.6) is 0 Å². The van der Waals surface area contributed by atoms with E-state index < -0.39 is 4.92 Å². The molecular formula is C16H10N8O2S. The Hall–Kier alpha value is -3.73. The average Bonchev–Trinajstić information content (AvgIpc) is 3.37. The molecule has 0 atom stereocenters. The zero-order valence-corrected chi connectivity index (χ0v) is 14.4. The molecule has 0 spiro atoms. The molecule has 2 aromatic carbocycles. The van der Waals surface area contributed by atoms with Crippen molar-refractivity contribution in [2.75, 3.05) is 0 Å². The SMILES string of the molecule is O=[N+]([O-])c1cccc(-c2nnc3sc(Cn4nnc5ccccc54)nn23)c1. The third kappa shape index (κ3) is 2.60. The minimum Gasteiger partial charge on any atom is -0.258 e. The van der Waals surface area contributed by atoms with Gasteiger partial charge in [0, 0.05) is 17.7 Å². The van der Waals surface area contributed by atoms with Crippen molar-refractivity contribution in [3.05, 3.63) is 63.7 Å². The average molecular weight is 378 g/mol. The largest absolute Gasteiger partial charge is 0.270 e. The Morgan fingerprint density at radius 3 is 2.85 bits per heavy atom. The van der Waals surface area contributed by atoms with Gasteiger partial charge in [-0.3, -0.25) is 10.1 Å². The normalized spacial score (nSPS) is 11.4. The van der Waals surface area contributed by atoms with Gasteiger partial charge in [0.2, 0.25) is 4.96 Å². The van der Waals surface area contributed by atoms with Crippen LogP contribution in [-0.4, -0.2) is 39.7 Å². The summed E-state index contributed by atoms with van der Waals surface area (Å²) in [6.45, 7) is 0.447. The summed E-state index contributed by atoms with van der Waals surface area (Å²) in [6, 6.07) is 13.9. The first-order chi connectivity index (χ1) is 13.2. The summed E-state index contributed by atoms with van der Waals surface area (Å²) in [6.07, 6.45) is 0. The number of fused-ring (bicyclic) bond motifs is 2. The molecule has 0 radical (unpaired) electrons. The highest BCUT2D eigenvalue weighted by molar-refractivity contribution is 7.16. The van der Waals surface area contributed by atoms with Crippen LogP contribution in [0.2, 0.25) is 0 Å². The quantitative estimate of drug-likeness (QED) is 0.348. The molecule has 0 saturated carbocycles. The molecular weight excluding hydrogens is 368 g/mol. The molecule has 132 valence electrons. The molecule has 0 amide bonds. The van der Waals surface area contributed by atoms with Crippen molar-refractivity contribution in [3.63, 3.8) is 0 Å². The number of aromatic nitrogens is 7. The lowest BCUT2D eigenvalue weighted by Gasteiger charge is -1.99. The van der Waals surface area contributed by atoms with Gasteiger partial charge in [-0.25, -0.2) is 4.68 Å². The van der Waals surface area contributed by atoms with E-state index in [4.69, 9.17) is 0 Å². The van der Waals surface area contributed by atoms with E-state index in [-0.39, 0.29) is 5.69 Å². The molecule has 0 aliphatic heterocycles. The highest BCUT2D eigenvalue weighted by atomic mass is 32.1. The summed E-state index contributed by atoms with van der Waals surface area (Å²) in [7, 11) is 0. The van der Waals surface area contributed by atoms with Gasteiger partial charge >= 0.3 is 0 Å². The van der Waals surface area contributed by atoms with Crippen molar-refractivity contribution in [3.8, 4) is 11.4 Å². The fourth-order valence-corrected chi connectivity index (χ4v) is 3.64. The molecule has 10 nitrogen and oxygen atoms in total. The number of hydrogen-bond donors (Lipinski definition) is 0. The van der Waals surface area contributed by atoms with E-state index in [1.165, 1.54) is 23.5 Å². The standard InChI is InChI=1S/C16H10N8O2S/c25-24(26)11-5-3-4-10(8-11)15-18-19-16-23(15)20-14(27-16)9-22-13-7-2-1-6-12(13)17-21-22/h1-8H,9H2. The van der Waals surface area contributed by atoms with Crippen LogP contribution in [0.4, 0.5) is 5.69 Å². The molecule has 3 aromatic heterocycles. The van der Waals surface area contributed by atoms with Crippen molar-refractivity contribution >= 4 is 33.0 Å². The number of rotatable bonds is 4. The maximum absolute atomic E-state index is 11.0. The van der Waals surface area contributed by atoms with Crippen LogP contribution < -0.4 is 0 Å². The van der Waals surface area contributed by atoms with Crippen LogP contribution in [0, 0.1) is 10.1 Å². The lowest BCUT2D eigenvalue weighted by atomic mass is 10.2. The van der Waals surface area contributed by atoms with Crippen LogP contribution in [0.1, 0.15) is 5.01 Å².